The van der Waals surface area contributed by atoms with Crippen LogP contribution >= 0.6 is 0 Å². The molecule has 2 aliphatic rings. The minimum Gasteiger partial charge on any atom is -0.507 e. The number of ether oxygens (including phenoxy) is 1. The second-order valence-corrected chi connectivity index (χ2v) is 7.05. The van der Waals surface area contributed by atoms with Crippen LogP contribution in [-0.4, -0.2) is 71.0 Å². The molecule has 8 nitrogen and oxygen atoms in total. The average molecular weight is 397 g/mol. The van der Waals surface area contributed by atoms with E-state index in [1.165, 1.54) is 23.6 Å². The minimum absolute atomic E-state index is 0.0440. The third kappa shape index (κ3) is 3.94. The molecule has 1 amide bonds. The summed E-state index contributed by atoms with van der Waals surface area (Å²) in [6, 6.07) is 5.87. The van der Waals surface area contributed by atoms with E-state index in [4.69, 9.17) is 9.15 Å². The number of rotatable bonds is 6. The van der Waals surface area contributed by atoms with Gasteiger partial charge in [0.05, 0.1) is 25.1 Å². The van der Waals surface area contributed by atoms with E-state index in [1.54, 1.807) is 24.3 Å². The number of aliphatic hydroxyl groups is 1. The van der Waals surface area contributed by atoms with Gasteiger partial charge >= 0.3 is 0 Å². The van der Waals surface area contributed by atoms with Gasteiger partial charge in [-0.1, -0.05) is 0 Å². The maximum Gasteiger partial charge on any atom is 0.295 e. The van der Waals surface area contributed by atoms with Crippen LogP contribution in [0.25, 0.3) is 5.76 Å². The summed E-state index contributed by atoms with van der Waals surface area (Å²) in [4.78, 5) is 33.3. The molecule has 0 radical (unpaired) electrons. The molecule has 8 heteroatoms. The molecular weight excluding hydrogens is 374 g/mol. The molecule has 152 valence electrons. The van der Waals surface area contributed by atoms with Crippen LogP contribution in [0, 0.1) is 0 Å². The minimum atomic E-state index is -0.747. The van der Waals surface area contributed by atoms with Crippen molar-refractivity contribution in [2.75, 3.05) is 39.4 Å². The molecule has 2 aromatic heterocycles. The second-order valence-electron chi connectivity index (χ2n) is 7.05. The van der Waals surface area contributed by atoms with Crippen LogP contribution in [0.15, 0.2) is 52.9 Å². The average Bonchev–Trinajstić information content (AvgIpc) is 3.37. The summed E-state index contributed by atoms with van der Waals surface area (Å²) in [5, 5.41) is 10.8. The van der Waals surface area contributed by atoms with Crippen molar-refractivity contribution >= 4 is 17.4 Å². The number of carbonyl (C=O) groups excluding carboxylic acids is 2. The van der Waals surface area contributed by atoms with Crippen molar-refractivity contribution in [2.24, 2.45) is 0 Å². The van der Waals surface area contributed by atoms with Crippen LogP contribution in [0.2, 0.25) is 0 Å². The van der Waals surface area contributed by atoms with Crippen molar-refractivity contribution in [2.45, 2.75) is 12.5 Å². The highest BCUT2D eigenvalue weighted by atomic mass is 16.5. The first-order valence-electron chi connectivity index (χ1n) is 9.69. The Morgan fingerprint density at radius 1 is 1.14 bits per heavy atom. The fraction of sp³-hybridized carbons (Fsp3) is 0.381. The maximum absolute atomic E-state index is 12.8. The highest BCUT2D eigenvalue weighted by molar-refractivity contribution is 6.46. The Labute approximate surface area is 168 Å². The molecule has 2 fully saturated rings. The predicted octanol–water partition coefficient (Wildman–Crippen LogP) is 1.82. The van der Waals surface area contributed by atoms with E-state index >= 15 is 0 Å². The van der Waals surface area contributed by atoms with Crippen molar-refractivity contribution < 1.29 is 23.8 Å². The molecule has 1 unspecified atom stereocenters. The molecule has 0 aliphatic carbocycles. The first kappa shape index (κ1) is 19.4. The fourth-order valence-electron chi connectivity index (χ4n) is 3.81. The Morgan fingerprint density at radius 2 is 1.90 bits per heavy atom. The summed E-state index contributed by atoms with van der Waals surface area (Å²) in [7, 11) is 0. The monoisotopic (exact) mass is 397 g/mol. The van der Waals surface area contributed by atoms with Gasteiger partial charge in [-0.3, -0.25) is 19.5 Å². The Morgan fingerprint density at radius 3 is 2.59 bits per heavy atom. The van der Waals surface area contributed by atoms with Gasteiger partial charge in [-0.25, -0.2) is 0 Å². The molecule has 0 aromatic carbocycles. The predicted molar refractivity (Wildman–Crippen MR) is 104 cm³/mol. The van der Waals surface area contributed by atoms with Gasteiger partial charge < -0.3 is 19.2 Å². The number of carbonyl (C=O) groups is 2. The molecule has 29 heavy (non-hydrogen) atoms. The molecule has 4 heterocycles. The van der Waals surface area contributed by atoms with E-state index in [0.29, 0.717) is 37.5 Å². The van der Waals surface area contributed by atoms with Crippen LogP contribution in [-0.2, 0) is 14.3 Å². The third-order valence-corrected chi connectivity index (χ3v) is 5.28. The number of ketones is 1. The first-order chi connectivity index (χ1) is 14.2. The van der Waals surface area contributed by atoms with Gasteiger partial charge in [-0.05, 0) is 30.7 Å². The number of nitrogens with zero attached hydrogens (tertiary/aromatic N) is 3. The zero-order valence-corrected chi connectivity index (χ0v) is 16.0. The summed E-state index contributed by atoms with van der Waals surface area (Å²) in [6.45, 7) is 4.35. The lowest BCUT2D eigenvalue weighted by molar-refractivity contribution is -0.140. The van der Waals surface area contributed by atoms with E-state index in [9.17, 15) is 14.7 Å². The number of likely N-dealkylation sites (tertiary alicyclic amines) is 1. The van der Waals surface area contributed by atoms with Crippen molar-refractivity contribution in [1.82, 2.24) is 14.8 Å². The second kappa shape index (κ2) is 8.59. The lowest BCUT2D eigenvalue weighted by Crippen LogP contribution is -2.38. The van der Waals surface area contributed by atoms with Crippen molar-refractivity contribution in [3.05, 3.63) is 59.8 Å². The Bertz CT molecular complexity index is 888. The Hall–Kier alpha value is -2.97. The third-order valence-electron chi connectivity index (χ3n) is 5.28. The number of hydrogen-bond acceptors (Lipinski definition) is 7. The van der Waals surface area contributed by atoms with Gasteiger partial charge in [0.25, 0.3) is 11.7 Å². The van der Waals surface area contributed by atoms with Gasteiger partial charge in [0, 0.05) is 44.1 Å². The molecule has 2 aromatic rings. The first-order valence-corrected chi connectivity index (χ1v) is 9.69. The van der Waals surface area contributed by atoms with Crippen LogP contribution in [0.4, 0.5) is 0 Å². The maximum atomic E-state index is 12.8. The number of furan rings is 1. The van der Waals surface area contributed by atoms with Gasteiger partial charge in [0.2, 0.25) is 0 Å². The van der Waals surface area contributed by atoms with Crippen LogP contribution in [0.3, 0.4) is 0 Å². The number of amides is 1. The molecule has 1 atom stereocenters. The molecule has 0 spiro atoms. The lowest BCUT2D eigenvalue weighted by atomic mass is 10.00. The van der Waals surface area contributed by atoms with Crippen LogP contribution in [0.1, 0.15) is 23.8 Å². The number of pyridine rings is 1. The zero-order valence-electron chi connectivity index (χ0n) is 16.0. The normalized spacial score (nSPS) is 22.3. The molecule has 0 saturated carbocycles. The number of aromatic nitrogens is 1. The largest absolute Gasteiger partial charge is 0.507 e. The van der Waals surface area contributed by atoms with E-state index < -0.39 is 17.7 Å². The zero-order chi connectivity index (χ0) is 20.2. The molecule has 0 bridgehead atoms. The topological polar surface area (TPSA) is 96.1 Å². The van der Waals surface area contributed by atoms with Gasteiger partial charge in [0.1, 0.15) is 17.6 Å². The Balaban J connectivity index is 1.60. The summed E-state index contributed by atoms with van der Waals surface area (Å²) in [6.07, 6.45) is 5.25. The standard InChI is InChI=1S/C21H23N3O5/c25-19(15-4-6-22-7-5-15)17-18(16-3-1-12-29-16)24(21(27)20(17)26)9-2-8-23-10-13-28-14-11-23/h1,3-7,12,18,25H,2,8-11,13-14H2. The Kier molecular flexibility index (Phi) is 5.73. The lowest BCUT2D eigenvalue weighted by Gasteiger charge is -2.28. The SMILES string of the molecule is O=C1C(=O)N(CCCN2CCOCC2)C(c2ccco2)C1=C(O)c1ccncc1. The summed E-state index contributed by atoms with van der Waals surface area (Å²) in [5.74, 6) is -1.09. The van der Waals surface area contributed by atoms with Crippen molar-refractivity contribution in [1.29, 1.82) is 0 Å². The summed E-state index contributed by atoms with van der Waals surface area (Å²) < 4.78 is 10.9. The number of morpholine rings is 1. The molecule has 4 rings (SSSR count). The van der Waals surface area contributed by atoms with Crippen LogP contribution < -0.4 is 0 Å². The van der Waals surface area contributed by atoms with Crippen LogP contribution in [0.5, 0.6) is 0 Å². The highest BCUT2D eigenvalue weighted by Gasteiger charge is 2.47. The highest BCUT2D eigenvalue weighted by Crippen LogP contribution is 2.39. The summed E-state index contributed by atoms with van der Waals surface area (Å²) in [5.41, 5.74) is 0.477. The van der Waals surface area contributed by atoms with E-state index in [2.05, 4.69) is 9.88 Å². The molecule has 2 saturated heterocycles. The molecular formula is C21H23N3O5. The van der Waals surface area contributed by atoms with Crippen molar-refractivity contribution in [3.63, 3.8) is 0 Å². The smallest absolute Gasteiger partial charge is 0.295 e. The van der Waals surface area contributed by atoms with Crippen molar-refractivity contribution in [3.8, 4) is 0 Å². The summed E-state index contributed by atoms with van der Waals surface area (Å²) >= 11 is 0. The van der Waals surface area contributed by atoms with E-state index in [0.717, 1.165) is 19.6 Å². The van der Waals surface area contributed by atoms with Gasteiger partial charge in [0.15, 0.2) is 0 Å². The molecule has 1 N–H and O–H groups in total. The number of Topliss-reactive ketones (excluding diaryl/α,β-unsaturated/α-hetero) is 1. The quantitative estimate of drug-likeness (QED) is 0.451. The van der Waals surface area contributed by atoms with E-state index in [-0.39, 0.29) is 11.3 Å². The molecule has 2 aliphatic heterocycles. The van der Waals surface area contributed by atoms with Gasteiger partial charge in [-0.15, -0.1) is 0 Å². The fourth-order valence-corrected chi connectivity index (χ4v) is 3.81. The van der Waals surface area contributed by atoms with E-state index in [1.807, 2.05) is 0 Å². The van der Waals surface area contributed by atoms with Gasteiger partial charge in [-0.2, -0.15) is 0 Å². The number of aliphatic hydroxyl groups excluding tert-OH is 1. The number of hydrogen-bond donors (Lipinski definition) is 1.